The van der Waals surface area contributed by atoms with E-state index in [1.54, 1.807) is 0 Å². The van der Waals surface area contributed by atoms with Crippen molar-refractivity contribution in [3.8, 4) is 11.1 Å². The van der Waals surface area contributed by atoms with Crippen LogP contribution in [0.2, 0.25) is 5.02 Å². The molecule has 0 aliphatic heterocycles. The first-order chi connectivity index (χ1) is 11.6. The van der Waals surface area contributed by atoms with Crippen LogP contribution in [0.25, 0.3) is 11.1 Å². The van der Waals surface area contributed by atoms with E-state index in [-0.39, 0.29) is 0 Å². The Morgan fingerprint density at radius 1 is 1.25 bits per heavy atom. The lowest BCUT2D eigenvalue weighted by atomic mass is 10.0. The Kier molecular flexibility index (Phi) is 7.70. The number of pyridine rings is 1. The third-order valence-electron chi connectivity index (χ3n) is 3.73. The molecule has 0 saturated heterocycles. The normalized spacial score (nSPS) is 11.3. The van der Waals surface area contributed by atoms with Crippen LogP contribution in [0.15, 0.2) is 48.8 Å². The van der Waals surface area contributed by atoms with Gasteiger partial charge >= 0.3 is 0 Å². The number of unbranched alkanes of at least 4 members (excludes halogenated alkanes) is 1. The van der Waals surface area contributed by atoms with Crippen molar-refractivity contribution in [2.75, 3.05) is 13.2 Å². The minimum absolute atomic E-state index is 0.726. The molecular formula is C20H24ClNOS. The first kappa shape index (κ1) is 18.9. The van der Waals surface area contributed by atoms with E-state index >= 15 is 0 Å². The van der Waals surface area contributed by atoms with Crippen LogP contribution in [0.1, 0.15) is 25.3 Å². The van der Waals surface area contributed by atoms with E-state index in [0.29, 0.717) is 0 Å². The molecule has 2 aromatic rings. The monoisotopic (exact) mass is 361 g/mol. The molecule has 1 heterocycles. The first-order valence-electron chi connectivity index (χ1n) is 8.29. The number of hydrogen-bond acceptors (Lipinski definition) is 2. The second-order valence-corrected chi connectivity index (χ2v) is 6.56. The molecule has 0 spiro atoms. The fourth-order valence-electron chi connectivity index (χ4n) is 2.56. The summed E-state index contributed by atoms with van der Waals surface area (Å²) in [5.41, 5.74) is 3.27. The van der Waals surface area contributed by atoms with Gasteiger partial charge in [0.2, 0.25) is 0 Å². The Morgan fingerprint density at radius 2 is 2.08 bits per heavy atom. The molecule has 0 amide bonds. The van der Waals surface area contributed by atoms with Crippen molar-refractivity contribution >= 4 is 23.8 Å². The van der Waals surface area contributed by atoms with Crippen molar-refractivity contribution in [2.24, 2.45) is 7.05 Å². The highest BCUT2D eigenvalue weighted by Gasteiger charge is 2.05. The van der Waals surface area contributed by atoms with Gasteiger partial charge in [-0.3, -0.25) is 0 Å². The number of aryl methyl sites for hydroxylation is 1. The van der Waals surface area contributed by atoms with E-state index in [9.17, 15) is 0 Å². The number of halogens is 1. The van der Waals surface area contributed by atoms with Gasteiger partial charge in [-0.25, -0.2) is 0 Å². The first-order valence-corrected chi connectivity index (χ1v) is 9.08. The molecule has 128 valence electrons. The zero-order chi connectivity index (χ0) is 17.4. The zero-order valence-electron chi connectivity index (χ0n) is 14.3. The van der Waals surface area contributed by atoms with Gasteiger partial charge in [0.15, 0.2) is 0 Å². The molecule has 0 unspecified atom stereocenters. The average molecular weight is 362 g/mol. The van der Waals surface area contributed by atoms with Gasteiger partial charge in [-0.15, -0.1) is 0 Å². The second kappa shape index (κ2) is 9.77. The summed E-state index contributed by atoms with van der Waals surface area (Å²) in [4.78, 5) is 0. The fourth-order valence-corrected chi connectivity index (χ4v) is 3.06. The summed E-state index contributed by atoms with van der Waals surface area (Å²) in [6.07, 6.45) is 11.5. The average Bonchev–Trinajstić information content (AvgIpc) is 2.56. The summed E-state index contributed by atoms with van der Waals surface area (Å²) in [5, 5.41) is 0.726. The topological polar surface area (TPSA) is 14.2 Å². The highest BCUT2D eigenvalue weighted by atomic mass is 35.5. The molecule has 0 radical (unpaired) electrons. The molecule has 0 bridgehead atoms. The largest absolute Gasteiger partial charge is 0.382 e. The predicted octanol–water partition coefficient (Wildman–Crippen LogP) is 5.99. The van der Waals surface area contributed by atoms with Crippen molar-refractivity contribution in [1.29, 1.82) is 0 Å². The van der Waals surface area contributed by atoms with Crippen LogP contribution in [-0.4, -0.2) is 17.8 Å². The molecule has 0 fully saturated rings. The van der Waals surface area contributed by atoms with E-state index in [1.165, 1.54) is 0 Å². The summed E-state index contributed by atoms with van der Waals surface area (Å²) in [7, 11) is 2.03. The smallest absolute Gasteiger partial charge is 0.0519 e. The van der Waals surface area contributed by atoms with Crippen LogP contribution in [-0.2, 0) is 18.2 Å². The summed E-state index contributed by atoms with van der Waals surface area (Å²) in [6.45, 7) is 3.63. The minimum atomic E-state index is 0.726. The van der Waals surface area contributed by atoms with Gasteiger partial charge in [0.25, 0.3) is 0 Å². The number of allylic oxidation sites excluding steroid dienone is 2. The summed E-state index contributed by atoms with van der Waals surface area (Å²) < 4.78 is 8.30. The highest BCUT2D eigenvalue weighted by Crippen LogP contribution is 2.25. The lowest BCUT2D eigenvalue weighted by molar-refractivity contribution is 0.145. The molecule has 1 aromatic carbocycles. The molecule has 24 heavy (non-hydrogen) atoms. The molecule has 0 atom stereocenters. The van der Waals surface area contributed by atoms with Crippen LogP contribution >= 0.6 is 23.8 Å². The fraction of sp³-hybridized carbons (Fsp3) is 0.350. The molecule has 2 nitrogen and oxygen atoms in total. The summed E-state index contributed by atoms with van der Waals surface area (Å²) >= 11 is 11.8. The van der Waals surface area contributed by atoms with Gasteiger partial charge in [-0.05, 0) is 49.4 Å². The molecule has 0 aliphatic rings. The maximum absolute atomic E-state index is 6.12. The quantitative estimate of drug-likeness (QED) is 0.325. The van der Waals surface area contributed by atoms with Crippen LogP contribution in [0.3, 0.4) is 0 Å². The maximum Gasteiger partial charge on any atom is 0.0519 e. The molecule has 1 aromatic heterocycles. The van der Waals surface area contributed by atoms with E-state index in [2.05, 4.69) is 29.1 Å². The molecule has 0 N–H and O–H groups in total. The predicted molar refractivity (Wildman–Crippen MR) is 105 cm³/mol. The Labute approximate surface area is 154 Å². The highest BCUT2D eigenvalue weighted by molar-refractivity contribution is 7.71. The molecule has 0 aliphatic carbocycles. The number of ether oxygens (including phenoxy) is 1. The van der Waals surface area contributed by atoms with Gasteiger partial charge in [0, 0.05) is 43.2 Å². The standard InChI is InChI=1S/C20H24ClNOS/c1-3-23-12-7-5-4-6-9-17-14-22(2)15-19(20(17)24)16-10-8-11-18(21)13-16/h4,6,8,10-11,13-15H,3,5,7,9,12H2,1-2H3/b6-4+. The summed E-state index contributed by atoms with van der Waals surface area (Å²) in [5.74, 6) is 0. The Hall–Kier alpha value is -1.42. The van der Waals surface area contributed by atoms with Crippen LogP contribution in [0, 0.1) is 4.51 Å². The number of hydrogen-bond donors (Lipinski definition) is 0. The number of aromatic nitrogens is 1. The third-order valence-corrected chi connectivity index (χ3v) is 4.45. The van der Waals surface area contributed by atoms with E-state index < -0.39 is 0 Å². The van der Waals surface area contributed by atoms with E-state index in [4.69, 9.17) is 28.6 Å². The number of rotatable bonds is 8. The molecule has 4 heteroatoms. The van der Waals surface area contributed by atoms with Crippen molar-refractivity contribution in [3.05, 3.63) is 63.9 Å². The lowest BCUT2D eigenvalue weighted by Gasteiger charge is -2.10. The van der Waals surface area contributed by atoms with Gasteiger partial charge < -0.3 is 9.30 Å². The SMILES string of the molecule is CCOCCC/C=C/Cc1cn(C)cc(-c2cccc(Cl)c2)c1=S. The Morgan fingerprint density at radius 3 is 2.83 bits per heavy atom. The van der Waals surface area contributed by atoms with Gasteiger partial charge in [-0.1, -0.05) is 48.1 Å². The minimum Gasteiger partial charge on any atom is -0.382 e. The molecular weight excluding hydrogens is 338 g/mol. The van der Waals surface area contributed by atoms with Crippen LogP contribution in [0.5, 0.6) is 0 Å². The lowest BCUT2D eigenvalue weighted by Crippen LogP contribution is -1.97. The third kappa shape index (κ3) is 5.59. The number of benzene rings is 1. The van der Waals surface area contributed by atoms with Gasteiger partial charge in [0.1, 0.15) is 0 Å². The zero-order valence-corrected chi connectivity index (χ0v) is 15.9. The van der Waals surface area contributed by atoms with E-state index in [1.807, 2.05) is 38.2 Å². The van der Waals surface area contributed by atoms with Gasteiger partial charge in [-0.2, -0.15) is 0 Å². The van der Waals surface area contributed by atoms with Crippen LogP contribution < -0.4 is 0 Å². The Balaban J connectivity index is 2.11. The van der Waals surface area contributed by atoms with Crippen molar-refractivity contribution in [1.82, 2.24) is 4.57 Å². The van der Waals surface area contributed by atoms with E-state index in [0.717, 1.165) is 58.7 Å². The molecule has 0 saturated carbocycles. The molecule has 2 rings (SSSR count). The van der Waals surface area contributed by atoms with Crippen molar-refractivity contribution in [3.63, 3.8) is 0 Å². The maximum atomic E-state index is 6.12. The Bertz CT molecular complexity index is 752. The second-order valence-electron chi connectivity index (χ2n) is 5.72. The van der Waals surface area contributed by atoms with Crippen molar-refractivity contribution in [2.45, 2.75) is 26.2 Å². The van der Waals surface area contributed by atoms with Crippen molar-refractivity contribution < 1.29 is 4.74 Å². The van der Waals surface area contributed by atoms with Gasteiger partial charge in [0.05, 0.1) is 4.51 Å². The summed E-state index contributed by atoms with van der Waals surface area (Å²) in [6, 6.07) is 7.84. The number of nitrogens with zero attached hydrogens (tertiary/aromatic N) is 1. The van der Waals surface area contributed by atoms with Crippen LogP contribution in [0.4, 0.5) is 0 Å².